The molecule has 1 heterocycles. The molecular formula is C19H16N2O4. The summed E-state index contributed by atoms with van der Waals surface area (Å²) in [7, 11) is 0. The van der Waals surface area contributed by atoms with Gasteiger partial charge in [0.05, 0.1) is 21.6 Å². The van der Waals surface area contributed by atoms with Crippen LogP contribution in [-0.2, 0) is 11.3 Å². The van der Waals surface area contributed by atoms with Gasteiger partial charge in [-0.2, -0.15) is 0 Å². The smallest absolute Gasteiger partial charge is 0.339 e. The lowest BCUT2D eigenvalue weighted by atomic mass is 10.1. The van der Waals surface area contributed by atoms with Crippen molar-refractivity contribution in [3.8, 4) is 0 Å². The maximum absolute atomic E-state index is 12.6. The van der Waals surface area contributed by atoms with Crippen molar-refractivity contribution in [2.75, 3.05) is 0 Å². The minimum atomic E-state index is -0.528. The molecule has 0 amide bonds. The van der Waals surface area contributed by atoms with Gasteiger partial charge in [-0.05, 0) is 38.1 Å². The summed E-state index contributed by atoms with van der Waals surface area (Å²) in [5.74, 6) is -0.528. The van der Waals surface area contributed by atoms with Crippen LogP contribution >= 0.6 is 0 Å². The van der Waals surface area contributed by atoms with Gasteiger partial charge in [0.2, 0.25) is 0 Å². The number of nitro benzene ring substituents is 1. The van der Waals surface area contributed by atoms with E-state index in [4.69, 9.17) is 4.74 Å². The Labute approximate surface area is 144 Å². The maximum atomic E-state index is 12.6. The van der Waals surface area contributed by atoms with E-state index in [1.807, 2.05) is 25.1 Å². The normalized spacial score (nSPS) is 10.6. The molecule has 0 spiro atoms. The number of hydrogen-bond donors (Lipinski definition) is 0. The van der Waals surface area contributed by atoms with Crippen LogP contribution in [0.5, 0.6) is 0 Å². The van der Waals surface area contributed by atoms with Gasteiger partial charge in [0.25, 0.3) is 5.69 Å². The van der Waals surface area contributed by atoms with Crippen LogP contribution in [0.4, 0.5) is 5.69 Å². The Morgan fingerprint density at radius 3 is 2.68 bits per heavy atom. The lowest BCUT2D eigenvalue weighted by molar-refractivity contribution is -0.385. The number of carbonyl (C=O) groups is 1. The summed E-state index contributed by atoms with van der Waals surface area (Å²) in [5, 5.41) is 11.8. The zero-order valence-corrected chi connectivity index (χ0v) is 13.9. The van der Waals surface area contributed by atoms with Crippen molar-refractivity contribution in [2.45, 2.75) is 20.5 Å². The van der Waals surface area contributed by atoms with E-state index in [1.165, 1.54) is 6.07 Å². The minimum Gasteiger partial charge on any atom is -0.457 e. The molecule has 0 saturated heterocycles. The highest BCUT2D eigenvalue weighted by Crippen LogP contribution is 2.23. The summed E-state index contributed by atoms with van der Waals surface area (Å²) in [4.78, 5) is 27.5. The molecule has 0 aliphatic heterocycles. The highest BCUT2D eigenvalue weighted by atomic mass is 16.6. The number of nitro groups is 1. The monoisotopic (exact) mass is 336 g/mol. The van der Waals surface area contributed by atoms with E-state index in [9.17, 15) is 14.9 Å². The molecule has 0 aliphatic rings. The summed E-state index contributed by atoms with van der Waals surface area (Å²) in [6.07, 6.45) is 0. The van der Waals surface area contributed by atoms with Crippen LogP contribution in [-0.4, -0.2) is 15.9 Å². The van der Waals surface area contributed by atoms with Crippen molar-refractivity contribution in [3.63, 3.8) is 0 Å². The number of aromatic nitrogens is 1. The number of carbonyl (C=O) groups excluding carboxylic acids is 1. The maximum Gasteiger partial charge on any atom is 0.339 e. The van der Waals surface area contributed by atoms with Crippen LogP contribution in [0, 0.1) is 24.0 Å². The number of hydrogen-bond acceptors (Lipinski definition) is 5. The zero-order valence-electron chi connectivity index (χ0n) is 13.9. The predicted octanol–water partition coefficient (Wildman–Crippen LogP) is 4.12. The molecule has 126 valence electrons. The highest BCUT2D eigenvalue weighted by Gasteiger charge is 2.17. The number of rotatable bonds is 4. The molecule has 6 heteroatoms. The number of para-hydroxylation sites is 1. The fourth-order valence-corrected chi connectivity index (χ4v) is 2.67. The second-order valence-electron chi connectivity index (χ2n) is 5.79. The molecule has 1 aromatic heterocycles. The second-order valence-corrected chi connectivity index (χ2v) is 5.79. The molecule has 2 aromatic carbocycles. The van der Waals surface area contributed by atoms with Gasteiger partial charge in [-0.3, -0.25) is 15.1 Å². The van der Waals surface area contributed by atoms with E-state index in [2.05, 4.69) is 4.98 Å². The molecule has 0 bridgehead atoms. The number of pyridine rings is 1. The molecule has 0 N–H and O–H groups in total. The number of ether oxygens (including phenoxy) is 1. The largest absolute Gasteiger partial charge is 0.457 e. The Kier molecular flexibility index (Phi) is 4.43. The van der Waals surface area contributed by atoms with Crippen LogP contribution in [0.15, 0.2) is 48.5 Å². The van der Waals surface area contributed by atoms with Crippen molar-refractivity contribution in [1.82, 2.24) is 4.98 Å². The predicted molar refractivity (Wildman–Crippen MR) is 93.4 cm³/mol. The first-order valence-electron chi connectivity index (χ1n) is 7.73. The van der Waals surface area contributed by atoms with Gasteiger partial charge in [-0.25, -0.2) is 4.79 Å². The van der Waals surface area contributed by atoms with Gasteiger partial charge in [-0.1, -0.05) is 23.8 Å². The molecule has 6 nitrogen and oxygen atoms in total. The van der Waals surface area contributed by atoms with Crippen LogP contribution in [0.2, 0.25) is 0 Å². The van der Waals surface area contributed by atoms with Gasteiger partial charge >= 0.3 is 5.97 Å². The van der Waals surface area contributed by atoms with Gasteiger partial charge in [0.1, 0.15) is 6.61 Å². The number of aryl methyl sites for hydroxylation is 2. The Hall–Kier alpha value is -3.28. The summed E-state index contributed by atoms with van der Waals surface area (Å²) in [6.45, 7) is 3.57. The summed E-state index contributed by atoms with van der Waals surface area (Å²) >= 11 is 0. The third-order valence-corrected chi connectivity index (χ3v) is 3.86. The molecule has 0 unspecified atom stereocenters. The van der Waals surface area contributed by atoms with Crippen molar-refractivity contribution in [2.24, 2.45) is 0 Å². The second kappa shape index (κ2) is 6.68. The van der Waals surface area contributed by atoms with Crippen LogP contribution in [0.1, 0.15) is 27.2 Å². The summed E-state index contributed by atoms with van der Waals surface area (Å²) in [5.41, 5.74) is 3.11. The molecule has 25 heavy (non-hydrogen) atoms. The SMILES string of the molecule is Cc1ccc2nc(C)cc(C(=O)OCc3ccccc3[N+](=O)[O-])c2c1. The Morgan fingerprint density at radius 1 is 1.16 bits per heavy atom. The van der Waals surface area contributed by atoms with Crippen molar-refractivity contribution >= 4 is 22.6 Å². The first kappa shape index (κ1) is 16.6. The average Bonchev–Trinajstić information content (AvgIpc) is 2.59. The fourth-order valence-electron chi connectivity index (χ4n) is 2.67. The Morgan fingerprint density at radius 2 is 1.92 bits per heavy atom. The van der Waals surface area contributed by atoms with Gasteiger partial charge < -0.3 is 4.74 Å². The highest BCUT2D eigenvalue weighted by molar-refractivity contribution is 6.03. The third kappa shape index (κ3) is 3.47. The molecule has 0 fully saturated rings. The molecule has 0 atom stereocenters. The van der Waals surface area contributed by atoms with Crippen LogP contribution in [0.25, 0.3) is 10.9 Å². The number of esters is 1. The van der Waals surface area contributed by atoms with Crippen molar-refractivity contribution < 1.29 is 14.5 Å². The molecule has 0 radical (unpaired) electrons. The Balaban J connectivity index is 1.91. The molecule has 3 rings (SSSR count). The van der Waals surface area contributed by atoms with Crippen LogP contribution in [0.3, 0.4) is 0 Å². The molecular weight excluding hydrogens is 320 g/mol. The van der Waals surface area contributed by atoms with Crippen molar-refractivity contribution in [1.29, 1.82) is 0 Å². The quantitative estimate of drug-likeness (QED) is 0.407. The number of fused-ring (bicyclic) bond motifs is 1. The van der Waals surface area contributed by atoms with E-state index < -0.39 is 10.9 Å². The first-order chi connectivity index (χ1) is 12.0. The number of nitrogens with zero attached hydrogens (tertiary/aromatic N) is 2. The number of benzene rings is 2. The zero-order chi connectivity index (χ0) is 18.0. The Bertz CT molecular complexity index is 982. The lowest BCUT2D eigenvalue weighted by Gasteiger charge is -2.09. The molecule has 0 saturated carbocycles. The van der Waals surface area contributed by atoms with Crippen LogP contribution < -0.4 is 0 Å². The third-order valence-electron chi connectivity index (χ3n) is 3.86. The summed E-state index contributed by atoms with van der Waals surface area (Å²) in [6, 6.07) is 13.5. The van der Waals surface area contributed by atoms with E-state index in [0.29, 0.717) is 27.7 Å². The van der Waals surface area contributed by atoms with Crippen molar-refractivity contribution in [3.05, 3.63) is 81.0 Å². The van der Waals surface area contributed by atoms with E-state index in [-0.39, 0.29) is 12.3 Å². The van der Waals surface area contributed by atoms with E-state index in [0.717, 1.165) is 5.56 Å². The standard InChI is InChI=1S/C19H16N2O4/c1-12-7-8-17-15(9-12)16(10-13(2)20-17)19(22)25-11-14-5-3-4-6-18(14)21(23)24/h3-10H,11H2,1-2H3. The average molecular weight is 336 g/mol. The molecule has 3 aromatic rings. The van der Waals surface area contributed by atoms with Gasteiger partial charge in [0.15, 0.2) is 0 Å². The first-order valence-corrected chi connectivity index (χ1v) is 7.73. The fraction of sp³-hybridized carbons (Fsp3) is 0.158. The van der Waals surface area contributed by atoms with Gasteiger partial charge in [0, 0.05) is 17.1 Å². The topological polar surface area (TPSA) is 82.3 Å². The van der Waals surface area contributed by atoms with E-state index >= 15 is 0 Å². The van der Waals surface area contributed by atoms with E-state index in [1.54, 1.807) is 31.2 Å². The lowest BCUT2D eigenvalue weighted by Crippen LogP contribution is -2.08. The minimum absolute atomic E-state index is 0.0677. The molecule has 0 aliphatic carbocycles. The summed E-state index contributed by atoms with van der Waals surface area (Å²) < 4.78 is 5.34. The van der Waals surface area contributed by atoms with Gasteiger partial charge in [-0.15, -0.1) is 0 Å².